The first-order valence-electron chi connectivity index (χ1n) is 8.52. The van der Waals surface area contributed by atoms with E-state index < -0.39 is 51.0 Å². The zero-order chi connectivity index (χ0) is 21.2. The average molecular weight is 436 g/mol. The normalized spacial score (nSPS) is 35.1. The van der Waals surface area contributed by atoms with E-state index in [-0.39, 0.29) is 31.1 Å². The Morgan fingerprint density at radius 2 is 1.57 bits per heavy atom. The van der Waals surface area contributed by atoms with Crippen LogP contribution in [0.15, 0.2) is 12.2 Å². The molecule has 0 N–H and O–H groups in total. The minimum Gasteiger partial charge on any atom is -0.462 e. The molecule has 12 heteroatoms. The molecular formula is C16H18F6O5S. The molecule has 0 amide bonds. The highest BCUT2D eigenvalue weighted by atomic mass is 32.2. The Balaban J connectivity index is 1.77. The van der Waals surface area contributed by atoms with Crippen molar-refractivity contribution in [1.29, 1.82) is 0 Å². The molecule has 0 saturated heterocycles. The van der Waals surface area contributed by atoms with Gasteiger partial charge < -0.3 is 4.74 Å². The number of carbonyl (C=O) groups is 1. The van der Waals surface area contributed by atoms with Crippen LogP contribution in [-0.2, 0) is 23.8 Å². The van der Waals surface area contributed by atoms with Crippen LogP contribution < -0.4 is 0 Å². The molecule has 0 aromatic rings. The standard InChI is InChI=1S/C16H18F6O5S/c1-9(15(17,18)19)12(23)26-8-13-3-10-2-11(4-13)6-14(5-10,7-13)27-28(24,25)16(20,21)22/h10-11H,1-8H2. The third-order valence-electron chi connectivity index (χ3n) is 5.80. The number of esters is 1. The van der Waals surface area contributed by atoms with Crippen LogP contribution in [0, 0.1) is 17.3 Å². The highest BCUT2D eigenvalue weighted by molar-refractivity contribution is 7.87. The van der Waals surface area contributed by atoms with Crippen LogP contribution in [0.3, 0.4) is 0 Å². The van der Waals surface area contributed by atoms with Gasteiger partial charge in [0.2, 0.25) is 0 Å². The van der Waals surface area contributed by atoms with Gasteiger partial charge in [0.25, 0.3) is 0 Å². The summed E-state index contributed by atoms with van der Waals surface area (Å²) < 4.78 is 108. The molecular weight excluding hydrogens is 418 g/mol. The van der Waals surface area contributed by atoms with Gasteiger partial charge in [-0.3, -0.25) is 4.18 Å². The molecule has 4 aliphatic carbocycles. The van der Waals surface area contributed by atoms with Gasteiger partial charge in [-0.15, -0.1) is 0 Å². The zero-order valence-corrected chi connectivity index (χ0v) is 15.3. The molecule has 4 fully saturated rings. The summed E-state index contributed by atoms with van der Waals surface area (Å²) >= 11 is 0. The molecule has 0 radical (unpaired) electrons. The number of halogens is 6. The summed E-state index contributed by atoms with van der Waals surface area (Å²) in [6.45, 7) is 2.20. The predicted molar refractivity (Wildman–Crippen MR) is 82.1 cm³/mol. The van der Waals surface area contributed by atoms with Gasteiger partial charge in [0.1, 0.15) is 5.57 Å². The lowest BCUT2D eigenvalue weighted by atomic mass is 9.48. The van der Waals surface area contributed by atoms with Gasteiger partial charge in [-0.25, -0.2) is 4.79 Å². The van der Waals surface area contributed by atoms with Gasteiger partial charge in [-0.1, -0.05) is 6.58 Å². The predicted octanol–water partition coefficient (Wildman–Crippen LogP) is 3.85. The summed E-state index contributed by atoms with van der Waals surface area (Å²) in [5, 5.41) is 0. The quantitative estimate of drug-likeness (QED) is 0.215. The summed E-state index contributed by atoms with van der Waals surface area (Å²) in [7, 11) is -5.82. The largest absolute Gasteiger partial charge is 0.523 e. The van der Waals surface area contributed by atoms with Crippen molar-refractivity contribution in [2.75, 3.05) is 6.61 Å². The number of carbonyl (C=O) groups excluding carboxylic acids is 1. The lowest BCUT2D eigenvalue weighted by Gasteiger charge is -2.60. The summed E-state index contributed by atoms with van der Waals surface area (Å²) in [5.41, 5.74) is -9.73. The van der Waals surface area contributed by atoms with Gasteiger partial charge in [-0.05, 0) is 50.4 Å². The maximum Gasteiger partial charge on any atom is 0.523 e. The molecule has 0 aromatic heterocycles. The minimum atomic E-state index is -5.82. The minimum absolute atomic E-state index is 0.115. The first kappa shape index (κ1) is 21.4. The second-order valence-corrected chi connectivity index (χ2v) is 9.72. The summed E-state index contributed by atoms with van der Waals surface area (Å²) in [4.78, 5) is 11.6. The van der Waals surface area contributed by atoms with Gasteiger partial charge >= 0.3 is 27.8 Å². The second-order valence-electron chi connectivity index (χ2n) is 8.18. The van der Waals surface area contributed by atoms with E-state index in [1.165, 1.54) is 0 Å². The van der Waals surface area contributed by atoms with E-state index in [1.54, 1.807) is 0 Å². The second kappa shape index (κ2) is 6.35. The van der Waals surface area contributed by atoms with Crippen molar-refractivity contribution in [2.24, 2.45) is 17.3 Å². The molecule has 5 nitrogen and oxygen atoms in total. The van der Waals surface area contributed by atoms with Crippen molar-refractivity contribution >= 4 is 16.1 Å². The third-order valence-corrected chi connectivity index (χ3v) is 6.94. The van der Waals surface area contributed by atoms with Gasteiger partial charge in [0, 0.05) is 5.41 Å². The van der Waals surface area contributed by atoms with Crippen LogP contribution in [-0.4, -0.2) is 38.3 Å². The molecule has 0 aliphatic heterocycles. The zero-order valence-electron chi connectivity index (χ0n) is 14.5. The highest BCUT2D eigenvalue weighted by Crippen LogP contribution is 2.63. The molecule has 2 unspecified atom stereocenters. The van der Waals surface area contributed by atoms with Crippen LogP contribution in [0.4, 0.5) is 26.3 Å². The smallest absolute Gasteiger partial charge is 0.462 e. The Kier molecular flexibility index (Phi) is 4.85. The van der Waals surface area contributed by atoms with Crippen LogP contribution >= 0.6 is 0 Å². The molecule has 0 heterocycles. The van der Waals surface area contributed by atoms with E-state index in [0.29, 0.717) is 19.3 Å². The van der Waals surface area contributed by atoms with Crippen molar-refractivity contribution in [3.05, 3.63) is 12.2 Å². The fourth-order valence-electron chi connectivity index (χ4n) is 5.33. The fraction of sp³-hybridized carbons (Fsp3) is 0.812. The fourth-order valence-corrected chi connectivity index (χ4v) is 6.09. The van der Waals surface area contributed by atoms with Crippen molar-refractivity contribution in [1.82, 2.24) is 0 Å². The van der Waals surface area contributed by atoms with Crippen LogP contribution in [0.25, 0.3) is 0 Å². The Hall–Kier alpha value is -1.30. The van der Waals surface area contributed by atoms with E-state index in [1.807, 2.05) is 0 Å². The van der Waals surface area contributed by atoms with Crippen molar-refractivity contribution in [2.45, 2.75) is 55.8 Å². The molecule has 28 heavy (non-hydrogen) atoms. The molecule has 160 valence electrons. The Morgan fingerprint density at radius 3 is 2.04 bits per heavy atom. The molecule has 4 bridgehead atoms. The first-order chi connectivity index (χ1) is 12.6. The molecule has 4 rings (SSSR count). The average Bonchev–Trinajstić information content (AvgIpc) is 2.47. The van der Waals surface area contributed by atoms with Crippen LogP contribution in [0.5, 0.6) is 0 Å². The van der Waals surface area contributed by atoms with Crippen LogP contribution in [0.1, 0.15) is 38.5 Å². The van der Waals surface area contributed by atoms with E-state index in [4.69, 9.17) is 4.74 Å². The summed E-state index contributed by atoms with van der Waals surface area (Å²) in [6, 6.07) is 0. The lowest BCUT2D eigenvalue weighted by Crippen LogP contribution is -2.59. The topological polar surface area (TPSA) is 69.7 Å². The van der Waals surface area contributed by atoms with E-state index >= 15 is 0 Å². The SMILES string of the molecule is C=C(C(=O)OCC12CC3CC(C1)CC(OS(=O)(=O)C(F)(F)F)(C3)C2)C(F)(F)F. The van der Waals surface area contributed by atoms with Crippen molar-refractivity contribution < 1.29 is 48.5 Å². The van der Waals surface area contributed by atoms with Gasteiger partial charge in [0.15, 0.2) is 0 Å². The van der Waals surface area contributed by atoms with Crippen molar-refractivity contribution in [3.8, 4) is 0 Å². The number of ether oxygens (including phenoxy) is 1. The number of hydrogen-bond acceptors (Lipinski definition) is 5. The third kappa shape index (κ3) is 3.89. The number of rotatable bonds is 5. The monoisotopic (exact) mass is 436 g/mol. The van der Waals surface area contributed by atoms with Crippen LogP contribution in [0.2, 0.25) is 0 Å². The molecule has 4 aliphatic rings. The maximum atomic E-state index is 12.8. The summed E-state index contributed by atoms with van der Waals surface area (Å²) in [6.07, 6.45) is -3.34. The number of alkyl halides is 6. The molecule has 0 aromatic carbocycles. The van der Waals surface area contributed by atoms with E-state index in [0.717, 1.165) is 0 Å². The molecule has 2 atom stereocenters. The first-order valence-corrected chi connectivity index (χ1v) is 9.93. The molecule has 4 saturated carbocycles. The lowest BCUT2D eigenvalue weighted by molar-refractivity contribution is -0.182. The van der Waals surface area contributed by atoms with E-state index in [9.17, 15) is 39.6 Å². The summed E-state index contributed by atoms with van der Waals surface area (Å²) in [5.74, 6) is -1.94. The van der Waals surface area contributed by atoms with Gasteiger partial charge in [0.05, 0.1) is 12.2 Å². The highest BCUT2D eigenvalue weighted by Gasteiger charge is 2.62. The van der Waals surface area contributed by atoms with Gasteiger partial charge in [-0.2, -0.15) is 34.8 Å². The molecule has 0 spiro atoms. The Labute approximate surface area is 157 Å². The van der Waals surface area contributed by atoms with E-state index in [2.05, 4.69) is 10.8 Å². The Bertz CT molecular complexity index is 770. The van der Waals surface area contributed by atoms with Crippen molar-refractivity contribution in [3.63, 3.8) is 0 Å². The maximum absolute atomic E-state index is 12.8. The number of hydrogen-bond donors (Lipinski definition) is 0. The Morgan fingerprint density at radius 1 is 1.04 bits per heavy atom.